The molecule has 2 heterocycles. The van der Waals surface area contributed by atoms with Gasteiger partial charge in [0, 0.05) is 23.6 Å². The summed E-state index contributed by atoms with van der Waals surface area (Å²) in [7, 11) is 0. The van der Waals surface area contributed by atoms with Crippen molar-refractivity contribution in [3.8, 4) is 5.75 Å². The fourth-order valence-electron chi connectivity index (χ4n) is 3.44. The maximum absolute atomic E-state index is 13.6. The van der Waals surface area contributed by atoms with Gasteiger partial charge >= 0.3 is 0 Å². The van der Waals surface area contributed by atoms with E-state index < -0.39 is 23.4 Å². The number of furan rings is 1. The Morgan fingerprint density at radius 2 is 1.74 bits per heavy atom. The Labute approximate surface area is 204 Å². The lowest BCUT2D eigenvalue weighted by Gasteiger charge is -2.34. The second-order valence-corrected chi connectivity index (χ2v) is 8.77. The highest BCUT2D eigenvalue weighted by Gasteiger charge is 2.34. The Kier molecular flexibility index (Phi) is 8.25. The van der Waals surface area contributed by atoms with E-state index in [2.05, 4.69) is 15.6 Å². The van der Waals surface area contributed by atoms with Crippen molar-refractivity contribution in [2.45, 2.75) is 39.3 Å². The quantitative estimate of drug-likeness (QED) is 0.487. The number of nitrogens with zero attached hydrogens (tertiary/aromatic N) is 2. The Bertz CT molecular complexity index is 1120. The Morgan fingerprint density at radius 3 is 2.31 bits per heavy atom. The molecule has 9 nitrogen and oxygen atoms in total. The third-order valence-electron chi connectivity index (χ3n) is 4.87. The number of carbonyl (C=O) groups excluding carboxylic acids is 3. The van der Waals surface area contributed by atoms with E-state index in [4.69, 9.17) is 9.15 Å². The van der Waals surface area contributed by atoms with Crippen molar-refractivity contribution in [1.29, 1.82) is 0 Å². The molecule has 1 aromatic carbocycles. The zero-order chi connectivity index (χ0) is 25.4. The molecule has 1 atom stereocenters. The summed E-state index contributed by atoms with van der Waals surface area (Å²) in [5.41, 5.74) is 0.501. The molecule has 3 amide bonds. The molecule has 9 heteroatoms. The molecule has 0 saturated heterocycles. The first-order chi connectivity index (χ1) is 16.7. The van der Waals surface area contributed by atoms with Gasteiger partial charge in [0.05, 0.1) is 19.4 Å². The van der Waals surface area contributed by atoms with Gasteiger partial charge in [-0.15, -0.1) is 0 Å². The fraction of sp³-hybridized carbons (Fsp3) is 0.308. The van der Waals surface area contributed by atoms with E-state index in [1.165, 1.54) is 17.2 Å². The van der Waals surface area contributed by atoms with E-state index in [0.29, 0.717) is 23.6 Å². The van der Waals surface area contributed by atoms with Crippen molar-refractivity contribution in [2.75, 3.05) is 18.1 Å². The highest BCUT2D eigenvalue weighted by Crippen LogP contribution is 2.30. The van der Waals surface area contributed by atoms with E-state index in [1.54, 1.807) is 54.9 Å². The summed E-state index contributed by atoms with van der Waals surface area (Å²) in [4.78, 5) is 44.9. The fourth-order valence-corrected chi connectivity index (χ4v) is 3.44. The molecule has 0 bridgehead atoms. The Hall–Kier alpha value is -4.14. The van der Waals surface area contributed by atoms with E-state index in [1.807, 2.05) is 27.7 Å². The van der Waals surface area contributed by atoms with Crippen molar-refractivity contribution >= 4 is 23.4 Å². The van der Waals surface area contributed by atoms with E-state index in [9.17, 15) is 14.4 Å². The van der Waals surface area contributed by atoms with Crippen LogP contribution in [0.5, 0.6) is 5.75 Å². The first-order valence-corrected chi connectivity index (χ1v) is 11.3. The Balaban J connectivity index is 1.99. The third-order valence-corrected chi connectivity index (χ3v) is 4.87. The normalized spacial score (nSPS) is 11.9. The summed E-state index contributed by atoms with van der Waals surface area (Å²) in [5.74, 6) is -0.672. The second-order valence-electron chi connectivity index (χ2n) is 8.77. The van der Waals surface area contributed by atoms with Gasteiger partial charge in [0.15, 0.2) is 5.76 Å². The van der Waals surface area contributed by atoms with Crippen molar-refractivity contribution in [3.63, 3.8) is 0 Å². The molecule has 0 aliphatic heterocycles. The summed E-state index contributed by atoms with van der Waals surface area (Å²) < 4.78 is 10.6. The number of amides is 3. The van der Waals surface area contributed by atoms with Crippen LogP contribution in [0.3, 0.4) is 0 Å². The molecule has 184 valence electrons. The molecule has 0 saturated carbocycles. The molecule has 0 fully saturated rings. The minimum Gasteiger partial charge on any atom is -0.494 e. The monoisotopic (exact) mass is 478 g/mol. The number of carbonyl (C=O) groups is 3. The number of rotatable bonds is 9. The lowest BCUT2D eigenvalue weighted by atomic mass is 10.0. The highest BCUT2D eigenvalue weighted by molar-refractivity contribution is 6.04. The number of benzene rings is 1. The molecule has 0 spiro atoms. The van der Waals surface area contributed by atoms with Gasteiger partial charge in [-0.1, -0.05) is 0 Å². The maximum atomic E-state index is 13.6. The molecular formula is C26H30N4O5. The maximum Gasteiger partial charge on any atom is 0.287 e. The van der Waals surface area contributed by atoms with Crippen molar-refractivity contribution in [1.82, 2.24) is 15.6 Å². The average molecular weight is 479 g/mol. The van der Waals surface area contributed by atoms with Crippen LogP contribution in [0.25, 0.3) is 0 Å². The number of anilines is 1. The summed E-state index contributed by atoms with van der Waals surface area (Å²) in [5, 5.41) is 5.53. The van der Waals surface area contributed by atoms with Crippen LogP contribution in [0.1, 0.15) is 49.9 Å². The van der Waals surface area contributed by atoms with Crippen LogP contribution in [-0.2, 0) is 9.59 Å². The number of hydrogen-bond donors (Lipinski definition) is 2. The average Bonchev–Trinajstić information content (AvgIpc) is 3.36. The van der Waals surface area contributed by atoms with Crippen molar-refractivity contribution in [2.24, 2.45) is 0 Å². The molecule has 0 unspecified atom stereocenters. The number of hydrogen-bond acceptors (Lipinski definition) is 6. The molecule has 35 heavy (non-hydrogen) atoms. The molecule has 0 aliphatic rings. The summed E-state index contributed by atoms with van der Waals surface area (Å²) in [6.07, 6.45) is 4.50. The van der Waals surface area contributed by atoms with Gasteiger partial charge in [-0.05, 0) is 81.8 Å². The SMILES string of the molecule is CCOc1ccc(N(C(=O)CNC(=O)c2ccco2)[C@H](C(=O)NC(C)(C)C)c2ccncc2)cc1. The molecule has 0 radical (unpaired) electrons. The van der Waals surface area contributed by atoms with Gasteiger partial charge in [-0.2, -0.15) is 0 Å². The van der Waals surface area contributed by atoms with Crippen LogP contribution < -0.4 is 20.3 Å². The van der Waals surface area contributed by atoms with Gasteiger partial charge in [0.2, 0.25) is 11.8 Å². The lowest BCUT2D eigenvalue weighted by Crippen LogP contribution is -2.51. The summed E-state index contributed by atoms with van der Waals surface area (Å²) >= 11 is 0. The molecule has 2 N–H and O–H groups in total. The molecular weight excluding hydrogens is 448 g/mol. The smallest absolute Gasteiger partial charge is 0.287 e. The van der Waals surface area contributed by atoms with Gasteiger partial charge in [-0.3, -0.25) is 24.3 Å². The van der Waals surface area contributed by atoms with E-state index in [0.717, 1.165) is 0 Å². The van der Waals surface area contributed by atoms with Gasteiger partial charge in [0.25, 0.3) is 5.91 Å². The van der Waals surface area contributed by atoms with Crippen molar-refractivity contribution in [3.05, 3.63) is 78.5 Å². The van der Waals surface area contributed by atoms with Crippen LogP contribution >= 0.6 is 0 Å². The summed E-state index contributed by atoms with van der Waals surface area (Å²) in [6, 6.07) is 12.3. The molecule has 0 aliphatic carbocycles. The highest BCUT2D eigenvalue weighted by atomic mass is 16.5. The number of nitrogens with one attached hydrogen (secondary N) is 2. The van der Waals surface area contributed by atoms with Crippen LogP contribution in [0.2, 0.25) is 0 Å². The lowest BCUT2D eigenvalue weighted by molar-refractivity contribution is -0.127. The molecule has 2 aromatic heterocycles. The minimum absolute atomic E-state index is 0.0848. The summed E-state index contributed by atoms with van der Waals surface area (Å²) in [6.45, 7) is 7.61. The number of pyridine rings is 1. The van der Waals surface area contributed by atoms with Gasteiger partial charge < -0.3 is 19.8 Å². The largest absolute Gasteiger partial charge is 0.494 e. The predicted molar refractivity (Wildman–Crippen MR) is 131 cm³/mol. The number of aromatic nitrogens is 1. The zero-order valence-corrected chi connectivity index (χ0v) is 20.3. The third kappa shape index (κ3) is 6.92. The zero-order valence-electron chi connectivity index (χ0n) is 20.3. The number of ether oxygens (including phenoxy) is 1. The first-order valence-electron chi connectivity index (χ1n) is 11.3. The molecule has 3 aromatic rings. The topological polar surface area (TPSA) is 114 Å². The predicted octanol–water partition coefficient (Wildman–Crippen LogP) is 3.49. The second kappa shape index (κ2) is 11.3. The van der Waals surface area contributed by atoms with Crippen LogP contribution in [-0.4, -0.2) is 41.4 Å². The van der Waals surface area contributed by atoms with Gasteiger partial charge in [-0.25, -0.2) is 0 Å². The van der Waals surface area contributed by atoms with Gasteiger partial charge in [0.1, 0.15) is 11.8 Å². The standard InChI is InChI=1S/C26H30N4O5/c1-5-34-20-10-8-19(9-11-20)30(22(31)17-28-24(32)21-7-6-16-35-21)23(18-12-14-27-15-13-18)25(33)29-26(2,3)4/h6-16,23H,5,17H2,1-4H3,(H,28,32)(H,29,33)/t23-/m0/s1. The van der Waals surface area contributed by atoms with Crippen LogP contribution in [0, 0.1) is 0 Å². The Morgan fingerprint density at radius 1 is 1.06 bits per heavy atom. The first kappa shape index (κ1) is 25.5. The van der Waals surface area contributed by atoms with E-state index >= 15 is 0 Å². The minimum atomic E-state index is -1.01. The molecule has 3 rings (SSSR count). The van der Waals surface area contributed by atoms with E-state index in [-0.39, 0.29) is 18.2 Å². The van der Waals surface area contributed by atoms with Crippen molar-refractivity contribution < 1.29 is 23.5 Å². The van der Waals surface area contributed by atoms with Crippen LogP contribution in [0.15, 0.2) is 71.6 Å². The van der Waals surface area contributed by atoms with Crippen LogP contribution in [0.4, 0.5) is 5.69 Å².